The molecular weight excluding hydrogens is 192 g/mol. The van der Waals surface area contributed by atoms with Crippen LogP contribution in [0.3, 0.4) is 0 Å². The van der Waals surface area contributed by atoms with Gasteiger partial charge in [-0.2, -0.15) is 0 Å². The lowest BCUT2D eigenvalue weighted by molar-refractivity contribution is -0.135. The summed E-state index contributed by atoms with van der Waals surface area (Å²) in [5.41, 5.74) is -0.0314. The van der Waals surface area contributed by atoms with E-state index in [4.69, 9.17) is 5.11 Å². The summed E-state index contributed by atoms with van der Waals surface area (Å²) in [5, 5.41) is 9.16. The van der Waals surface area contributed by atoms with E-state index < -0.39 is 12.0 Å². The molecule has 0 saturated carbocycles. The maximum atomic E-state index is 11.9. The molecule has 0 aromatic carbocycles. The Morgan fingerprint density at radius 3 is 2.27 bits per heavy atom. The summed E-state index contributed by atoms with van der Waals surface area (Å²) < 4.78 is 0. The molecule has 1 N–H and O–H groups in total. The first-order valence-corrected chi connectivity index (χ1v) is 5.39. The number of aliphatic hydroxyl groups excluding tert-OH is 1. The van der Waals surface area contributed by atoms with Crippen LogP contribution in [0.15, 0.2) is 11.1 Å². The molecule has 0 aromatic heterocycles. The van der Waals surface area contributed by atoms with Crippen molar-refractivity contribution < 1.29 is 14.7 Å². The molecule has 0 radical (unpaired) electrons. The first-order valence-electron chi connectivity index (χ1n) is 5.39. The average molecular weight is 210 g/mol. The maximum Gasteiger partial charge on any atom is 0.175 e. The van der Waals surface area contributed by atoms with Crippen LogP contribution in [0.2, 0.25) is 0 Å². The Bertz CT molecular complexity index is 328. The van der Waals surface area contributed by atoms with Crippen LogP contribution in [-0.2, 0) is 9.59 Å². The smallest absolute Gasteiger partial charge is 0.175 e. The number of rotatable bonds is 4. The molecule has 1 aliphatic carbocycles. The van der Waals surface area contributed by atoms with E-state index in [2.05, 4.69) is 0 Å². The van der Waals surface area contributed by atoms with Crippen molar-refractivity contribution in [2.45, 2.75) is 40.0 Å². The second kappa shape index (κ2) is 4.27. The van der Waals surface area contributed by atoms with Gasteiger partial charge in [0, 0.05) is 5.57 Å². The molecule has 3 nitrogen and oxygen atoms in total. The number of carbonyl (C=O) groups excluding carboxylic acids is 2. The molecule has 0 saturated heterocycles. The molecule has 0 fully saturated rings. The number of unbranched alkanes of at least 4 members (excludes halogenated alkanes) is 1. The number of Topliss-reactive ketones (excluding diaryl/α,β-unsaturated/α-hetero) is 2. The molecule has 0 aliphatic heterocycles. The number of ketones is 2. The van der Waals surface area contributed by atoms with Crippen molar-refractivity contribution >= 4 is 11.6 Å². The van der Waals surface area contributed by atoms with E-state index in [1.807, 2.05) is 6.92 Å². The summed E-state index contributed by atoms with van der Waals surface area (Å²) in [6.45, 7) is 4.87. The van der Waals surface area contributed by atoms with E-state index >= 15 is 0 Å². The zero-order chi connectivity index (χ0) is 11.6. The molecule has 1 unspecified atom stereocenters. The van der Waals surface area contributed by atoms with Gasteiger partial charge in [0.05, 0.1) is 6.61 Å². The van der Waals surface area contributed by atoms with Crippen molar-refractivity contribution in [1.82, 2.24) is 0 Å². The van der Waals surface area contributed by atoms with Crippen molar-refractivity contribution in [2.75, 3.05) is 6.61 Å². The Hall–Kier alpha value is -0.960. The maximum absolute atomic E-state index is 11.9. The van der Waals surface area contributed by atoms with E-state index in [0.717, 1.165) is 12.8 Å². The Balaban J connectivity index is 2.98. The quantitative estimate of drug-likeness (QED) is 0.718. The standard InChI is InChI=1S/C12H18O3/c1-4-5-6-9-8(2)10(14)12(3,7-13)11(9)15/h13H,4-7H2,1-3H3. The first-order chi connectivity index (χ1) is 6.99. The predicted molar refractivity (Wildman–Crippen MR) is 57.4 cm³/mol. The SMILES string of the molecule is CCCCC1=C(C)C(=O)C(C)(CO)C1=O. The average Bonchev–Trinajstić information content (AvgIpc) is 2.40. The fourth-order valence-electron chi connectivity index (χ4n) is 1.96. The van der Waals surface area contributed by atoms with Crippen LogP contribution in [-0.4, -0.2) is 23.3 Å². The number of aliphatic hydroxyl groups is 1. The molecule has 0 bridgehead atoms. The van der Waals surface area contributed by atoms with Gasteiger partial charge >= 0.3 is 0 Å². The van der Waals surface area contributed by atoms with Crippen molar-refractivity contribution in [3.8, 4) is 0 Å². The molecule has 3 heteroatoms. The van der Waals surface area contributed by atoms with Crippen molar-refractivity contribution in [3.63, 3.8) is 0 Å². The summed E-state index contributed by atoms with van der Waals surface area (Å²) in [7, 11) is 0. The fourth-order valence-corrected chi connectivity index (χ4v) is 1.96. The third kappa shape index (κ3) is 1.76. The molecule has 84 valence electrons. The van der Waals surface area contributed by atoms with Gasteiger partial charge in [-0.15, -0.1) is 0 Å². The van der Waals surface area contributed by atoms with E-state index in [1.54, 1.807) is 6.92 Å². The monoisotopic (exact) mass is 210 g/mol. The van der Waals surface area contributed by atoms with Crippen LogP contribution in [0, 0.1) is 5.41 Å². The van der Waals surface area contributed by atoms with Gasteiger partial charge in [-0.1, -0.05) is 13.3 Å². The highest BCUT2D eigenvalue weighted by molar-refractivity contribution is 6.27. The molecule has 0 aromatic rings. The zero-order valence-corrected chi connectivity index (χ0v) is 9.59. The van der Waals surface area contributed by atoms with Crippen LogP contribution in [0.5, 0.6) is 0 Å². The molecule has 1 aliphatic rings. The summed E-state index contributed by atoms with van der Waals surface area (Å²) in [5.74, 6) is -0.387. The van der Waals surface area contributed by atoms with E-state index in [9.17, 15) is 9.59 Å². The largest absolute Gasteiger partial charge is 0.395 e. The van der Waals surface area contributed by atoms with Crippen LogP contribution in [0.1, 0.15) is 40.0 Å². The number of hydrogen-bond donors (Lipinski definition) is 1. The Kier molecular flexibility index (Phi) is 3.45. The molecular formula is C12H18O3. The number of allylic oxidation sites excluding steroid dienone is 2. The van der Waals surface area contributed by atoms with Crippen molar-refractivity contribution in [2.24, 2.45) is 5.41 Å². The fraction of sp³-hybridized carbons (Fsp3) is 0.667. The predicted octanol–water partition coefficient (Wildman–Crippen LogP) is 1.64. The van der Waals surface area contributed by atoms with E-state index in [1.165, 1.54) is 6.92 Å². The van der Waals surface area contributed by atoms with Gasteiger partial charge in [0.15, 0.2) is 11.6 Å². The van der Waals surface area contributed by atoms with Gasteiger partial charge in [0.2, 0.25) is 0 Å². The first kappa shape index (κ1) is 12.1. The number of carbonyl (C=O) groups is 2. The molecule has 0 heterocycles. The van der Waals surface area contributed by atoms with Gasteiger partial charge in [-0.05, 0) is 32.3 Å². The van der Waals surface area contributed by atoms with Crippen LogP contribution in [0.4, 0.5) is 0 Å². The summed E-state index contributed by atoms with van der Waals surface area (Å²) in [6.07, 6.45) is 2.56. The lowest BCUT2D eigenvalue weighted by Gasteiger charge is -2.17. The lowest BCUT2D eigenvalue weighted by atomic mass is 9.84. The molecule has 15 heavy (non-hydrogen) atoms. The number of hydrogen-bond acceptors (Lipinski definition) is 3. The van der Waals surface area contributed by atoms with Gasteiger partial charge < -0.3 is 5.11 Å². The van der Waals surface area contributed by atoms with Crippen LogP contribution in [0.25, 0.3) is 0 Å². The van der Waals surface area contributed by atoms with Gasteiger partial charge in [0.25, 0.3) is 0 Å². The molecule has 1 atom stereocenters. The summed E-state index contributed by atoms with van der Waals surface area (Å²) >= 11 is 0. The Labute approximate surface area is 90.2 Å². The minimum atomic E-state index is -1.20. The van der Waals surface area contributed by atoms with Gasteiger partial charge in [-0.3, -0.25) is 9.59 Å². The Morgan fingerprint density at radius 1 is 1.27 bits per heavy atom. The second-order valence-electron chi connectivity index (χ2n) is 4.36. The third-order valence-electron chi connectivity index (χ3n) is 3.17. The summed E-state index contributed by atoms with van der Waals surface area (Å²) in [4.78, 5) is 23.7. The molecule has 1 rings (SSSR count). The minimum absolute atomic E-state index is 0.180. The lowest BCUT2D eigenvalue weighted by Crippen LogP contribution is -2.35. The highest BCUT2D eigenvalue weighted by atomic mass is 16.3. The molecule has 0 spiro atoms. The van der Waals surface area contributed by atoms with Crippen LogP contribution < -0.4 is 0 Å². The Morgan fingerprint density at radius 2 is 1.87 bits per heavy atom. The topological polar surface area (TPSA) is 54.4 Å². The van der Waals surface area contributed by atoms with Crippen LogP contribution >= 0.6 is 0 Å². The van der Waals surface area contributed by atoms with Gasteiger partial charge in [0.1, 0.15) is 5.41 Å². The normalized spacial score (nSPS) is 26.7. The summed E-state index contributed by atoms with van der Waals surface area (Å²) in [6, 6.07) is 0. The third-order valence-corrected chi connectivity index (χ3v) is 3.17. The highest BCUT2D eigenvalue weighted by Crippen LogP contribution is 2.36. The van der Waals surface area contributed by atoms with E-state index in [0.29, 0.717) is 17.6 Å². The van der Waals surface area contributed by atoms with E-state index in [-0.39, 0.29) is 11.6 Å². The highest BCUT2D eigenvalue weighted by Gasteiger charge is 2.48. The molecule has 0 amide bonds. The van der Waals surface area contributed by atoms with Gasteiger partial charge in [-0.25, -0.2) is 0 Å². The zero-order valence-electron chi connectivity index (χ0n) is 9.59. The second-order valence-corrected chi connectivity index (χ2v) is 4.36. The van der Waals surface area contributed by atoms with Crippen molar-refractivity contribution in [1.29, 1.82) is 0 Å². The van der Waals surface area contributed by atoms with Crippen molar-refractivity contribution in [3.05, 3.63) is 11.1 Å². The minimum Gasteiger partial charge on any atom is -0.395 e.